The molecule has 1 aliphatic rings. The molecule has 0 spiro atoms. The third kappa shape index (κ3) is 10.4. The third-order valence-corrected chi connectivity index (χ3v) is 6.63. The van der Waals surface area contributed by atoms with Gasteiger partial charge in [-0.1, -0.05) is 6.07 Å². The van der Waals surface area contributed by atoms with Crippen LogP contribution >= 0.6 is 0 Å². The number of carbonyl (C=O) groups is 5. The van der Waals surface area contributed by atoms with Gasteiger partial charge in [0.25, 0.3) is 5.91 Å². The summed E-state index contributed by atoms with van der Waals surface area (Å²) in [6.45, 7) is 9.50. The van der Waals surface area contributed by atoms with Crippen LogP contribution in [-0.4, -0.2) is 114 Å². The molecule has 15 heteroatoms. The van der Waals surface area contributed by atoms with Gasteiger partial charge in [-0.2, -0.15) is 5.10 Å². The van der Waals surface area contributed by atoms with E-state index in [0.717, 1.165) is 0 Å². The lowest BCUT2D eigenvalue weighted by atomic mass is 10.1. The predicted molar refractivity (Wildman–Crippen MR) is 164 cm³/mol. The number of methoxy groups -OCH3 is 1. The Bertz CT molecular complexity index is 1380. The van der Waals surface area contributed by atoms with Crippen molar-refractivity contribution in [3.05, 3.63) is 36.0 Å². The molecule has 46 heavy (non-hydrogen) atoms. The summed E-state index contributed by atoms with van der Waals surface area (Å²) in [5.74, 6) is -1.68. The molecule has 1 aromatic carbocycles. The largest absolute Gasteiger partial charge is 0.497 e. The summed E-state index contributed by atoms with van der Waals surface area (Å²) in [7, 11) is 1.50. The number of hydrogen-bond donors (Lipinski definition) is 1. The molecule has 15 nitrogen and oxygen atoms in total. The second-order valence-corrected chi connectivity index (χ2v) is 11.2. The van der Waals surface area contributed by atoms with Gasteiger partial charge in [-0.3, -0.25) is 14.4 Å². The van der Waals surface area contributed by atoms with E-state index in [4.69, 9.17) is 23.7 Å². The maximum Gasteiger partial charge on any atom is 0.409 e. The van der Waals surface area contributed by atoms with Crippen LogP contribution in [0.4, 0.5) is 4.79 Å². The van der Waals surface area contributed by atoms with Gasteiger partial charge in [0.2, 0.25) is 11.8 Å². The highest BCUT2D eigenvalue weighted by Crippen LogP contribution is 2.23. The molecule has 1 aliphatic heterocycles. The fraction of sp³-hybridized carbons (Fsp3) is 0.548. The maximum absolute atomic E-state index is 13.7. The Morgan fingerprint density at radius 2 is 1.61 bits per heavy atom. The lowest BCUT2D eigenvalue weighted by Gasteiger charge is -2.36. The quantitative estimate of drug-likeness (QED) is 0.251. The number of ether oxygens (including phenoxy) is 5. The van der Waals surface area contributed by atoms with Crippen LogP contribution in [0, 0.1) is 0 Å². The Hall–Kier alpha value is -4.82. The average Bonchev–Trinajstić information content (AvgIpc) is 3.46. The summed E-state index contributed by atoms with van der Waals surface area (Å²) >= 11 is 0. The highest BCUT2D eigenvalue weighted by Gasteiger charge is 2.32. The normalized spacial score (nSPS) is 13.8. The molecular formula is C31H43N5O10. The van der Waals surface area contributed by atoms with Gasteiger partial charge in [0.15, 0.2) is 12.3 Å². The van der Waals surface area contributed by atoms with Gasteiger partial charge in [0.05, 0.1) is 26.0 Å². The Kier molecular flexibility index (Phi) is 12.8. The number of benzene rings is 1. The van der Waals surface area contributed by atoms with E-state index < -0.39 is 48.1 Å². The fourth-order valence-corrected chi connectivity index (χ4v) is 4.53. The van der Waals surface area contributed by atoms with E-state index in [1.165, 1.54) is 27.7 Å². The first-order chi connectivity index (χ1) is 21.8. The monoisotopic (exact) mass is 645 g/mol. The van der Waals surface area contributed by atoms with Crippen molar-refractivity contribution in [1.82, 2.24) is 24.9 Å². The SMILES string of the molecule is CCOC(=O)COc1cc(C(=O)N[C@@H](CCC(=O)OC(C)(C)C)C(=O)N2CCN(C(=O)OCC)CC2)nn1-c1cccc(OC)c1. The number of rotatable bonds is 13. The van der Waals surface area contributed by atoms with Crippen molar-refractivity contribution in [1.29, 1.82) is 0 Å². The zero-order chi connectivity index (χ0) is 33.9. The number of esters is 2. The molecule has 1 atom stereocenters. The lowest BCUT2D eigenvalue weighted by molar-refractivity contribution is -0.155. The molecule has 0 radical (unpaired) electrons. The summed E-state index contributed by atoms with van der Waals surface area (Å²) in [5.41, 5.74) is -0.353. The highest BCUT2D eigenvalue weighted by molar-refractivity contribution is 5.96. The number of nitrogens with zero attached hydrogens (tertiary/aromatic N) is 4. The second-order valence-electron chi connectivity index (χ2n) is 11.2. The van der Waals surface area contributed by atoms with Crippen LogP contribution in [0.15, 0.2) is 30.3 Å². The summed E-state index contributed by atoms with van der Waals surface area (Å²) in [6.07, 6.45) is -0.638. The average molecular weight is 646 g/mol. The number of nitrogens with one attached hydrogen (secondary N) is 1. The maximum atomic E-state index is 13.7. The summed E-state index contributed by atoms with van der Waals surface area (Å²) in [5, 5.41) is 7.10. The Morgan fingerprint density at radius 3 is 2.24 bits per heavy atom. The highest BCUT2D eigenvalue weighted by atomic mass is 16.6. The van der Waals surface area contributed by atoms with Gasteiger partial charge in [-0.25, -0.2) is 14.3 Å². The summed E-state index contributed by atoms with van der Waals surface area (Å²) in [6, 6.07) is 7.04. The third-order valence-electron chi connectivity index (χ3n) is 6.63. The van der Waals surface area contributed by atoms with Gasteiger partial charge >= 0.3 is 18.0 Å². The van der Waals surface area contributed by atoms with Crippen molar-refractivity contribution >= 4 is 29.8 Å². The lowest BCUT2D eigenvalue weighted by Crippen LogP contribution is -2.56. The molecule has 252 valence electrons. The predicted octanol–water partition coefficient (Wildman–Crippen LogP) is 2.34. The Balaban J connectivity index is 1.84. The molecule has 0 unspecified atom stereocenters. The number of aromatic nitrogens is 2. The van der Waals surface area contributed by atoms with Crippen LogP contribution in [0.1, 0.15) is 57.9 Å². The van der Waals surface area contributed by atoms with Crippen LogP contribution in [0.5, 0.6) is 11.6 Å². The summed E-state index contributed by atoms with van der Waals surface area (Å²) < 4.78 is 27.7. The number of carbonyl (C=O) groups excluding carboxylic acids is 5. The van der Waals surface area contributed by atoms with Crippen molar-refractivity contribution in [2.45, 2.75) is 59.1 Å². The van der Waals surface area contributed by atoms with E-state index >= 15 is 0 Å². The van der Waals surface area contributed by atoms with Crippen LogP contribution in [0.25, 0.3) is 5.69 Å². The minimum Gasteiger partial charge on any atom is -0.497 e. The number of hydrogen-bond acceptors (Lipinski definition) is 11. The smallest absolute Gasteiger partial charge is 0.409 e. The van der Waals surface area contributed by atoms with Crippen molar-refractivity contribution in [2.24, 2.45) is 0 Å². The molecule has 1 N–H and O–H groups in total. The van der Waals surface area contributed by atoms with Crippen LogP contribution in [-0.2, 0) is 28.6 Å². The van der Waals surface area contributed by atoms with Gasteiger partial charge in [-0.15, -0.1) is 0 Å². The first-order valence-electron chi connectivity index (χ1n) is 15.1. The van der Waals surface area contributed by atoms with E-state index in [9.17, 15) is 24.0 Å². The standard InChI is InChI=1S/C31H43N5O10/c1-7-43-27(38)20-45-25-19-24(33-36(25)21-10-9-11-22(18-21)42-6)28(39)32-23(12-13-26(37)46-31(3,4)5)29(40)34-14-16-35(17-15-34)30(41)44-8-2/h9-11,18-19,23H,7-8,12-17,20H2,1-6H3,(H,32,39)/t23-/m0/s1. The van der Waals surface area contributed by atoms with E-state index in [1.807, 2.05) is 0 Å². The number of piperazine rings is 1. The minimum atomic E-state index is -1.11. The molecule has 0 aliphatic carbocycles. The van der Waals surface area contributed by atoms with Crippen molar-refractivity contribution in [3.63, 3.8) is 0 Å². The van der Waals surface area contributed by atoms with E-state index in [-0.39, 0.29) is 63.8 Å². The van der Waals surface area contributed by atoms with Crippen LogP contribution < -0.4 is 14.8 Å². The molecule has 2 heterocycles. The minimum absolute atomic E-state index is 0.0413. The second kappa shape index (κ2) is 16.5. The first kappa shape index (κ1) is 35.7. The number of amides is 3. The molecule has 3 rings (SSSR count). The van der Waals surface area contributed by atoms with Gasteiger partial charge in [0.1, 0.15) is 17.4 Å². The van der Waals surface area contributed by atoms with Crippen molar-refractivity contribution in [3.8, 4) is 17.3 Å². The van der Waals surface area contributed by atoms with Crippen molar-refractivity contribution in [2.75, 3.05) is 53.1 Å². The zero-order valence-corrected chi connectivity index (χ0v) is 27.2. The zero-order valence-electron chi connectivity index (χ0n) is 27.2. The van der Waals surface area contributed by atoms with E-state index in [0.29, 0.717) is 11.4 Å². The molecule has 0 saturated carbocycles. The van der Waals surface area contributed by atoms with E-state index in [1.54, 1.807) is 58.9 Å². The van der Waals surface area contributed by atoms with Crippen molar-refractivity contribution < 1.29 is 47.7 Å². The van der Waals surface area contributed by atoms with Gasteiger partial charge < -0.3 is 38.8 Å². The van der Waals surface area contributed by atoms with Crippen LogP contribution in [0.2, 0.25) is 0 Å². The van der Waals surface area contributed by atoms with Gasteiger partial charge in [-0.05, 0) is 53.2 Å². The topological polar surface area (TPSA) is 168 Å². The molecule has 2 aromatic rings. The molecule has 1 fully saturated rings. The van der Waals surface area contributed by atoms with Gasteiger partial charge in [0, 0.05) is 44.7 Å². The summed E-state index contributed by atoms with van der Waals surface area (Å²) in [4.78, 5) is 66.9. The fourth-order valence-electron chi connectivity index (χ4n) is 4.53. The Labute approximate surface area is 268 Å². The van der Waals surface area contributed by atoms with E-state index in [2.05, 4.69) is 10.4 Å². The molecule has 0 bridgehead atoms. The van der Waals surface area contributed by atoms with Crippen LogP contribution in [0.3, 0.4) is 0 Å². The first-order valence-corrected chi connectivity index (χ1v) is 15.1. The molecule has 3 amide bonds. The molecular weight excluding hydrogens is 602 g/mol. The molecule has 1 aromatic heterocycles. The molecule has 1 saturated heterocycles. The Morgan fingerprint density at radius 1 is 0.935 bits per heavy atom.